The van der Waals surface area contributed by atoms with Crippen LogP contribution >= 0.6 is 21.6 Å². The summed E-state index contributed by atoms with van der Waals surface area (Å²) in [5.74, 6) is -3.72. The van der Waals surface area contributed by atoms with Gasteiger partial charge in [-0.2, -0.15) is 0 Å². The van der Waals surface area contributed by atoms with Crippen LogP contribution in [0.25, 0.3) is 0 Å². The number of ether oxygens (including phenoxy) is 2. The number of methoxy groups -OCH3 is 2. The predicted molar refractivity (Wildman–Crippen MR) is 110 cm³/mol. The summed E-state index contributed by atoms with van der Waals surface area (Å²) in [6.07, 6.45) is 0. The molecule has 0 radical (unpaired) electrons. The second-order valence-corrected chi connectivity index (χ2v) is 8.30. The quantitative estimate of drug-likeness (QED) is 0.165. The second-order valence-electron chi connectivity index (χ2n) is 5.75. The lowest BCUT2D eigenvalue weighted by atomic mass is 10.3. The van der Waals surface area contributed by atoms with E-state index in [9.17, 15) is 28.8 Å². The highest BCUT2D eigenvalue weighted by molar-refractivity contribution is 8.76. The van der Waals surface area contributed by atoms with E-state index in [1.807, 2.05) is 0 Å². The molecule has 1 unspecified atom stereocenters. The molecule has 0 saturated carbocycles. The van der Waals surface area contributed by atoms with Crippen molar-refractivity contribution in [3.05, 3.63) is 0 Å². The molecule has 0 rings (SSSR count). The van der Waals surface area contributed by atoms with Gasteiger partial charge < -0.3 is 25.8 Å². The fraction of sp³-hybridized carbons (Fsp3) is 0.625. The van der Waals surface area contributed by atoms with Crippen LogP contribution < -0.4 is 16.4 Å². The van der Waals surface area contributed by atoms with Crippen LogP contribution in [0.2, 0.25) is 0 Å². The molecule has 0 bridgehead atoms. The van der Waals surface area contributed by atoms with Crippen molar-refractivity contribution in [3.63, 3.8) is 0 Å². The molecule has 14 heteroatoms. The highest BCUT2D eigenvalue weighted by Crippen LogP contribution is 2.23. The number of imide groups is 1. The maximum Gasteiger partial charge on any atom is 0.329 e. The normalized spacial score (nSPS) is 12.2. The molecule has 0 aromatic rings. The second kappa shape index (κ2) is 14.6. The summed E-state index contributed by atoms with van der Waals surface area (Å²) in [5.41, 5.74) is 5.60. The Morgan fingerprint density at radius 3 is 2.03 bits per heavy atom. The van der Waals surface area contributed by atoms with Gasteiger partial charge >= 0.3 is 11.9 Å². The monoisotopic (exact) mass is 466 g/mol. The van der Waals surface area contributed by atoms with Gasteiger partial charge in [-0.3, -0.25) is 28.9 Å². The smallest absolute Gasteiger partial charge is 0.329 e. The van der Waals surface area contributed by atoms with E-state index in [1.165, 1.54) is 24.8 Å². The first kappa shape index (κ1) is 27.7. The van der Waals surface area contributed by atoms with Crippen molar-refractivity contribution in [3.8, 4) is 0 Å². The number of carbonyl (C=O) groups is 6. The van der Waals surface area contributed by atoms with Crippen molar-refractivity contribution in [2.75, 3.05) is 38.8 Å². The zero-order valence-electron chi connectivity index (χ0n) is 17.1. The number of hydrogen-bond acceptors (Lipinski definition) is 11. The van der Waals surface area contributed by atoms with Crippen LogP contribution in [0.15, 0.2) is 0 Å². The molecule has 0 fully saturated rings. The lowest BCUT2D eigenvalue weighted by Crippen LogP contribution is -2.51. The Balaban J connectivity index is 4.79. The SMILES string of the molecule is COC(=O)C(N)CSSC[C@H](NC(=O)CN(C(C)=O)C(=O)CNC(C)=O)C(=O)OC. The van der Waals surface area contributed by atoms with Crippen LogP contribution in [-0.4, -0.2) is 91.4 Å². The van der Waals surface area contributed by atoms with Gasteiger partial charge in [0.2, 0.25) is 23.6 Å². The average molecular weight is 467 g/mol. The Labute approximate surface area is 181 Å². The molecule has 0 aromatic carbocycles. The first-order valence-corrected chi connectivity index (χ1v) is 11.0. The molecule has 2 atom stereocenters. The first-order valence-electron chi connectivity index (χ1n) is 8.53. The highest BCUT2D eigenvalue weighted by Gasteiger charge is 2.26. The summed E-state index contributed by atoms with van der Waals surface area (Å²) in [7, 11) is 4.72. The lowest BCUT2D eigenvalue weighted by molar-refractivity contribution is -0.148. The van der Waals surface area contributed by atoms with E-state index in [4.69, 9.17) is 5.73 Å². The number of carbonyl (C=O) groups excluding carboxylic acids is 6. The number of nitrogens with two attached hydrogens (primary N) is 1. The van der Waals surface area contributed by atoms with Gasteiger partial charge in [0, 0.05) is 25.4 Å². The van der Waals surface area contributed by atoms with E-state index in [1.54, 1.807) is 0 Å². The highest BCUT2D eigenvalue weighted by atomic mass is 33.1. The largest absolute Gasteiger partial charge is 0.468 e. The van der Waals surface area contributed by atoms with Gasteiger partial charge in [0.25, 0.3) is 0 Å². The zero-order valence-corrected chi connectivity index (χ0v) is 18.7. The fourth-order valence-electron chi connectivity index (χ4n) is 1.82. The Bertz CT molecular complexity index is 661. The molecule has 0 aliphatic rings. The van der Waals surface area contributed by atoms with Crippen molar-refractivity contribution in [1.82, 2.24) is 15.5 Å². The molecule has 0 aliphatic heterocycles. The summed E-state index contributed by atoms with van der Waals surface area (Å²) in [6.45, 7) is 1.21. The molecule has 0 aliphatic carbocycles. The van der Waals surface area contributed by atoms with Crippen LogP contribution in [0.3, 0.4) is 0 Å². The van der Waals surface area contributed by atoms with Crippen LogP contribution in [-0.2, 0) is 38.2 Å². The number of nitrogens with zero attached hydrogens (tertiary/aromatic N) is 1. The maximum atomic E-state index is 12.3. The zero-order chi connectivity index (χ0) is 23.3. The number of rotatable bonds is 12. The minimum atomic E-state index is -1.06. The third-order valence-electron chi connectivity index (χ3n) is 3.36. The van der Waals surface area contributed by atoms with Crippen LogP contribution in [0.4, 0.5) is 0 Å². The average Bonchev–Trinajstić information content (AvgIpc) is 2.70. The van der Waals surface area contributed by atoms with Crippen molar-refractivity contribution in [2.24, 2.45) is 5.73 Å². The standard InChI is InChI=1S/C16H26N4O8S2/c1-9(21)18-5-14(24)20(10(2)22)6-13(23)19-12(16(26)28-4)8-30-29-7-11(17)15(25)27-3/h11-12H,5-8,17H2,1-4H3,(H,18,21)(H,19,23)/t11?,12-/m0/s1. The van der Waals surface area contributed by atoms with Gasteiger partial charge in [-0.05, 0) is 0 Å². The van der Waals surface area contributed by atoms with Crippen molar-refractivity contribution in [2.45, 2.75) is 25.9 Å². The summed E-state index contributed by atoms with van der Waals surface area (Å²) in [5, 5.41) is 4.63. The molecule has 4 N–H and O–H groups in total. The summed E-state index contributed by atoms with van der Waals surface area (Å²) >= 11 is 0. The van der Waals surface area contributed by atoms with Gasteiger partial charge in [-0.15, -0.1) is 0 Å². The first-order chi connectivity index (χ1) is 14.0. The third kappa shape index (κ3) is 11.0. The van der Waals surface area contributed by atoms with Crippen LogP contribution in [0.1, 0.15) is 13.8 Å². The Morgan fingerprint density at radius 1 is 0.967 bits per heavy atom. The van der Waals surface area contributed by atoms with Gasteiger partial charge in [0.1, 0.15) is 18.6 Å². The molecular weight excluding hydrogens is 440 g/mol. The molecule has 30 heavy (non-hydrogen) atoms. The summed E-state index contributed by atoms with van der Waals surface area (Å²) < 4.78 is 9.15. The summed E-state index contributed by atoms with van der Waals surface area (Å²) in [6, 6.07) is -1.90. The van der Waals surface area contributed by atoms with Crippen molar-refractivity contribution in [1.29, 1.82) is 0 Å². The van der Waals surface area contributed by atoms with Gasteiger partial charge in [0.15, 0.2) is 0 Å². The molecule has 0 aromatic heterocycles. The molecule has 170 valence electrons. The molecule has 0 spiro atoms. The molecule has 12 nitrogen and oxygen atoms in total. The molecule has 0 saturated heterocycles. The predicted octanol–water partition coefficient (Wildman–Crippen LogP) is -1.96. The van der Waals surface area contributed by atoms with Crippen LogP contribution in [0, 0.1) is 0 Å². The van der Waals surface area contributed by atoms with E-state index in [2.05, 4.69) is 20.1 Å². The van der Waals surface area contributed by atoms with E-state index in [-0.39, 0.29) is 11.5 Å². The molecule has 0 heterocycles. The van der Waals surface area contributed by atoms with Crippen molar-refractivity contribution >= 4 is 57.2 Å². The van der Waals surface area contributed by atoms with E-state index >= 15 is 0 Å². The van der Waals surface area contributed by atoms with E-state index in [0.29, 0.717) is 4.90 Å². The minimum absolute atomic E-state index is 0.0802. The maximum absolute atomic E-state index is 12.3. The number of esters is 2. The number of nitrogens with one attached hydrogen (secondary N) is 2. The Hall–Kier alpha value is -2.32. The lowest BCUT2D eigenvalue weighted by Gasteiger charge is -2.21. The van der Waals surface area contributed by atoms with Crippen LogP contribution in [0.5, 0.6) is 0 Å². The Kier molecular flexibility index (Phi) is 13.5. The third-order valence-corrected chi connectivity index (χ3v) is 5.81. The van der Waals surface area contributed by atoms with Gasteiger partial charge in [-0.1, -0.05) is 21.6 Å². The van der Waals surface area contributed by atoms with E-state index < -0.39 is 60.7 Å². The number of hydrogen-bond donors (Lipinski definition) is 3. The van der Waals surface area contributed by atoms with Gasteiger partial charge in [-0.25, -0.2) is 4.79 Å². The fourth-order valence-corrected chi connectivity index (χ4v) is 4.08. The molecular formula is C16H26N4O8S2. The van der Waals surface area contributed by atoms with Gasteiger partial charge in [0.05, 0.1) is 20.8 Å². The minimum Gasteiger partial charge on any atom is -0.468 e. The van der Waals surface area contributed by atoms with Crippen molar-refractivity contribution < 1.29 is 38.2 Å². The Morgan fingerprint density at radius 2 is 1.53 bits per heavy atom. The summed E-state index contributed by atoms with van der Waals surface area (Å²) in [4.78, 5) is 70.6. The number of amides is 4. The van der Waals surface area contributed by atoms with E-state index in [0.717, 1.165) is 24.8 Å². The topological polar surface area (TPSA) is 174 Å². The molecule has 4 amide bonds.